The van der Waals surface area contributed by atoms with Gasteiger partial charge in [0.1, 0.15) is 17.5 Å². The summed E-state index contributed by atoms with van der Waals surface area (Å²) in [5, 5.41) is 15.5. The molecule has 0 aliphatic carbocycles. The van der Waals surface area contributed by atoms with Crippen LogP contribution < -0.4 is 9.47 Å². The molecule has 0 saturated carbocycles. The Morgan fingerprint density at radius 1 is 1.31 bits per heavy atom. The minimum atomic E-state index is -0.531. The molecule has 0 radical (unpaired) electrons. The predicted octanol–water partition coefficient (Wildman–Crippen LogP) is 5.10. The maximum Gasteiger partial charge on any atom is 0.283 e. The summed E-state index contributed by atoms with van der Waals surface area (Å²) < 4.78 is 25.0. The van der Waals surface area contributed by atoms with E-state index in [1.165, 1.54) is 36.0 Å². The lowest BCUT2D eigenvalue weighted by molar-refractivity contribution is -0.114. The zero-order chi connectivity index (χ0) is 22.8. The molecule has 164 valence electrons. The molecule has 2 aliphatic heterocycles. The van der Waals surface area contributed by atoms with Gasteiger partial charge < -0.3 is 9.47 Å². The molecule has 4 rings (SSSR count). The predicted molar refractivity (Wildman–Crippen MR) is 124 cm³/mol. The third-order valence-corrected chi connectivity index (χ3v) is 6.02. The second-order valence-electron chi connectivity index (χ2n) is 6.78. The number of rotatable bonds is 6. The third kappa shape index (κ3) is 4.26. The number of methoxy groups -OCH3 is 1. The summed E-state index contributed by atoms with van der Waals surface area (Å²) in [5.74, 6) is -0.421. The fraction of sp³-hybridized carbons (Fsp3) is 0.182. The van der Waals surface area contributed by atoms with Crippen molar-refractivity contribution in [2.24, 2.45) is 10.1 Å². The van der Waals surface area contributed by atoms with Crippen LogP contribution in [0.5, 0.6) is 11.5 Å². The molecule has 32 heavy (non-hydrogen) atoms. The number of amides is 1. The van der Waals surface area contributed by atoms with E-state index in [2.05, 4.69) is 10.1 Å². The lowest BCUT2D eigenvalue weighted by Gasteiger charge is -2.20. The summed E-state index contributed by atoms with van der Waals surface area (Å²) in [6.07, 6.45) is 2.19. The molecule has 2 aliphatic rings. The molecule has 10 heteroatoms. The van der Waals surface area contributed by atoms with Crippen LogP contribution in [0.3, 0.4) is 0 Å². The number of amidine groups is 2. The van der Waals surface area contributed by atoms with E-state index >= 15 is 0 Å². The highest BCUT2D eigenvalue weighted by Gasteiger charge is 2.35. The molecule has 0 aromatic heterocycles. The zero-order valence-electron chi connectivity index (χ0n) is 17.2. The van der Waals surface area contributed by atoms with Gasteiger partial charge in [-0.05, 0) is 48.0 Å². The van der Waals surface area contributed by atoms with Crippen LogP contribution >= 0.6 is 23.4 Å². The number of hydrazone groups is 1. The highest BCUT2D eigenvalue weighted by atomic mass is 35.5. The van der Waals surface area contributed by atoms with Gasteiger partial charge in [-0.3, -0.25) is 10.2 Å². The van der Waals surface area contributed by atoms with Gasteiger partial charge in [-0.1, -0.05) is 36.7 Å². The summed E-state index contributed by atoms with van der Waals surface area (Å²) in [6.45, 7) is 1.91. The minimum absolute atomic E-state index is 0.0335. The average Bonchev–Trinajstić information content (AvgIpc) is 3.20. The maximum atomic E-state index is 13.9. The number of thioether (sulfide) groups is 1. The fourth-order valence-corrected chi connectivity index (χ4v) is 4.17. The van der Waals surface area contributed by atoms with Gasteiger partial charge in [-0.2, -0.15) is 15.1 Å². The van der Waals surface area contributed by atoms with E-state index in [4.69, 9.17) is 26.5 Å². The Bertz CT molecular complexity index is 1210. The first-order valence-corrected chi connectivity index (χ1v) is 10.8. The van der Waals surface area contributed by atoms with Crippen LogP contribution in [0, 0.1) is 11.2 Å². The van der Waals surface area contributed by atoms with Crippen molar-refractivity contribution in [2.75, 3.05) is 7.11 Å². The molecular formula is C22H18ClFN4O3S. The van der Waals surface area contributed by atoms with Crippen molar-refractivity contribution in [3.8, 4) is 11.5 Å². The van der Waals surface area contributed by atoms with Gasteiger partial charge >= 0.3 is 0 Å². The SMILES string of the molecule is CCC1=NN2C(=N)/C(=C/c3cc(Cl)c(OCc4ccccc4F)c(OC)c3)C(=O)N=C2S1. The number of hydrogen-bond acceptors (Lipinski definition) is 6. The van der Waals surface area contributed by atoms with Crippen LogP contribution in [0.4, 0.5) is 4.39 Å². The molecule has 7 nitrogen and oxygen atoms in total. The van der Waals surface area contributed by atoms with E-state index in [0.29, 0.717) is 28.5 Å². The highest BCUT2D eigenvalue weighted by Crippen LogP contribution is 2.38. The second kappa shape index (κ2) is 9.13. The molecule has 1 amide bonds. The number of nitrogens with zero attached hydrogens (tertiary/aromatic N) is 3. The Morgan fingerprint density at radius 3 is 2.81 bits per heavy atom. The molecule has 0 fully saturated rings. The Kier molecular flexibility index (Phi) is 6.29. The van der Waals surface area contributed by atoms with Crippen LogP contribution in [0.2, 0.25) is 5.02 Å². The summed E-state index contributed by atoms with van der Waals surface area (Å²) in [5.41, 5.74) is 0.971. The minimum Gasteiger partial charge on any atom is -0.493 e. The summed E-state index contributed by atoms with van der Waals surface area (Å²) >= 11 is 7.69. The van der Waals surface area contributed by atoms with Crippen molar-refractivity contribution in [1.29, 1.82) is 5.41 Å². The number of carbonyl (C=O) groups excluding carboxylic acids is 1. The standard InChI is InChI=1S/C22H18ClFN4O3S/c1-3-18-27-28-20(25)14(21(29)26-22(28)32-18)8-12-9-15(23)19(17(10-12)30-2)31-11-13-6-4-5-7-16(13)24/h4-10,25H,3,11H2,1-2H3/b14-8-,25-20?. The largest absolute Gasteiger partial charge is 0.493 e. The molecule has 0 unspecified atom stereocenters. The maximum absolute atomic E-state index is 13.9. The van der Waals surface area contributed by atoms with Crippen molar-refractivity contribution in [1.82, 2.24) is 5.01 Å². The first-order chi connectivity index (χ1) is 15.4. The lowest BCUT2D eigenvalue weighted by Crippen LogP contribution is -2.35. The molecule has 2 aromatic carbocycles. The number of hydrogen-bond donors (Lipinski definition) is 1. The first kappa shape index (κ1) is 22.0. The van der Waals surface area contributed by atoms with Crippen LogP contribution in [0.15, 0.2) is 52.1 Å². The molecule has 0 spiro atoms. The number of carbonyl (C=O) groups is 1. The Labute approximate surface area is 193 Å². The first-order valence-electron chi connectivity index (χ1n) is 9.64. The van der Waals surface area contributed by atoms with Gasteiger partial charge in [-0.25, -0.2) is 4.39 Å². The summed E-state index contributed by atoms with van der Waals surface area (Å²) in [6, 6.07) is 9.48. The van der Waals surface area contributed by atoms with Gasteiger partial charge in [0.05, 0.1) is 17.7 Å². The van der Waals surface area contributed by atoms with E-state index in [1.54, 1.807) is 30.3 Å². The van der Waals surface area contributed by atoms with Crippen molar-refractivity contribution in [3.05, 3.63) is 63.9 Å². The lowest BCUT2D eigenvalue weighted by atomic mass is 10.1. The Hall–Kier alpha value is -3.17. The molecule has 0 atom stereocenters. The van der Waals surface area contributed by atoms with E-state index in [1.807, 2.05) is 6.92 Å². The highest BCUT2D eigenvalue weighted by molar-refractivity contribution is 8.26. The van der Waals surface area contributed by atoms with Gasteiger partial charge in [-0.15, -0.1) is 0 Å². The summed E-state index contributed by atoms with van der Waals surface area (Å²) in [4.78, 5) is 16.6. The quantitative estimate of drug-likeness (QED) is 0.591. The summed E-state index contributed by atoms with van der Waals surface area (Å²) in [7, 11) is 1.45. The van der Waals surface area contributed by atoms with Crippen LogP contribution in [-0.4, -0.2) is 34.1 Å². The Balaban J connectivity index is 1.62. The third-order valence-electron chi connectivity index (χ3n) is 4.69. The van der Waals surface area contributed by atoms with E-state index in [9.17, 15) is 9.18 Å². The van der Waals surface area contributed by atoms with Crippen LogP contribution in [-0.2, 0) is 11.4 Å². The average molecular weight is 473 g/mol. The number of nitrogens with one attached hydrogen (secondary N) is 1. The fourth-order valence-electron chi connectivity index (χ4n) is 3.07. The molecule has 2 aromatic rings. The van der Waals surface area contributed by atoms with Gasteiger partial charge in [0.25, 0.3) is 5.91 Å². The number of fused-ring (bicyclic) bond motifs is 1. The Morgan fingerprint density at radius 2 is 2.09 bits per heavy atom. The van der Waals surface area contributed by atoms with Crippen molar-refractivity contribution < 1.29 is 18.7 Å². The molecular weight excluding hydrogens is 455 g/mol. The monoisotopic (exact) mass is 472 g/mol. The molecule has 0 bridgehead atoms. The smallest absolute Gasteiger partial charge is 0.283 e. The zero-order valence-corrected chi connectivity index (χ0v) is 18.8. The van der Waals surface area contributed by atoms with Crippen molar-refractivity contribution >= 4 is 51.4 Å². The second-order valence-corrected chi connectivity index (χ2v) is 8.23. The number of halogens is 2. The van der Waals surface area contributed by atoms with Gasteiger partial charge in [0.2, 0.25) is 5.17 Å². The van der Waals surface area contributed by atoms with E-state index in [-0.39, 0.29) is 34.6 Å². The van der Waals surface area contributed by atoms with Crippen LogP contribution in [0.25, 0.3) is 6.08 Å². The van der Waals surface area contributed by atoms with Gasteiger partial charge in [0.15, 0.2) is 17.3 Å². The van der Waals surface area contributed by atoms with Crippen LogP contribution in [0.1, 0.15) is 24.5 Å². The van der Waals surface area contributed by atoms with E-state index < -0.39 is 5.91 Å². The normalized spacial score (nSPS) is 16.8. The topological polar surface area (TPSA) is 87.3 Å². The van der Waals surface area contributed by atoms with Gasteiger partial charge in [0, 0.05) is 5.56 Å². The molecule has 0 saturated heterocycles. The van der Waals surface area contributed by atoms with Crippen molar-refractivity contribution in [3.63, 3.8) is 0 Å². The number of ether oxygens (including phenoxy) is 2. The molecule has 2 heterocycles. The molecule has 1 N–H and O–H groups in total. The number of benzene rings is 2. The van der Waals surface area contributed by atoms with E-state index in [0.717, 1.165) is 5.04 Å². The van der Waals surface area contributed by atoms with Crippen molar-refractivity contribution in [2.45, 2.75) is 20.0 Å². The number of aliphatic imine (C=N–C) groups is 1.